The lowest BCUT2D eigenvalue weighted by Gasteiger charge is -2.18. The van der Waals surface area contributed by atoms with Crippen LogP contribution in [0.25, 0.3) is 0 Å². The third-order valence-electron chi connectivity index (χ3n) is 4.45. The molecular weight excluding hydrogens is 469 g/mol. The lowest BCUT2D eigenvalue weighted by molar-refractivity contribution is -0.129. The fourth-order valence-electron chi connectivity index (χ4n) is 3.01. The van der Waals surface area contributed by atoms with E-state index in [0.717, 1.165) is 38.4 Å². The van der Waals surface area contributed by atoms with Gasteiger partial charge in [-0.3, -0.25) is 14.6 Å². The number of aliphatic imine (C=N–C) groups is 1. The van der Waals surface area contributed by atoms with Gasteiger partial charge in [-0.15, -0.1) is 24.0 Å². The predicted molar refractivity (Wildman–Crippen MR) is 123 cm³/mol. The number of carbonyl (C=O) groups is 2. The number of nitrogens with one attached hydrogen (secondary N) is 3. The number of halogens is 1. The highest BCUT2D eigenvalue weighted by atomic mass is 127. The molecule has 1 aliphatic heterocycles. The number of guanidine groups is 1. The van der Waals surface area contributed by atoms with Crippen LogP contribution in [0.4, 0.5) is 0 Å². The van der Waals surface area contributed by atoms with Gasteiger partial charge in [0.15, 0.2) is 5.96 Å². The Balaban J connectivity index is 0.00000392. The molecule has 1 unspecified atom stereocenters. The van der Waals surface area contributed by atoms with Crippen molar-refractivity contribution < 1.29 is 9.59 Å². The van der Waals surface area contributed by atoms with Crippen molar-refractivity contribution in [1.82, 2.24) is 20.9 Å². The Morgan fingerprint density at radius 2 is 1.93 bits per heavy atom. The minimum Gasteiger partial charge on any atom is -0.357 e. The van der Waals surface area contributed by atoms with E-state index in [4.69, 9.17) is 0 Å². The van der Waals surface area contributed by atoms with Crippen LogP contribution in [0.3, 0.4) is 0 Å². The van der Waals surface area contributed by atoms with E-state index in [0.29, 0.717) is 25.1 Å². The van der Waals surface area contributed by atoms with Crippen LogP contribution in [0.5, 0.6) is 0 Å². The first-order chi connectivity index (χ1) is 13.1. The van der Waals surface area contributed by atoms with Crippen molar-refractivity contribution in [3.05, 3.63) is 35.9 Å². The molecule has 1 saturated heterocycles. The summed E-state index contributed by atoms with van der Waals surface area (Å²) in [7, 11) is 0. The summed E-state index contributed by atoms with van der Waals surface area (Å²) in [5.41, 5.74) is 0.670. The van der Waals surface area contributed by atoms with Crippen molar-refractivity contribution in [3.63, 3.8) is 0 Å². The van der Waals surface area contributed by atoms with Crippen LogP contribution in [0, 0.1) is 0 Å². The van der Waals surface area contributed by atoms with Crippen LogP contribution in [0.15, 0.2) is 35.3 Å². The van der Waals surface area contributed by atoms with E-state index >= 15 is 0 Å². The highest BCUT2D eigenvalue weighted by Crippen LogP contribution is 2.10. The number of benzene rings is 1. The number of amides is 2. The van der Waals surface area contributed by atoms with Gasteiger partial charge in [0.1, 0.15) is 0 Å². The number of nitrogens with zero attached hydrogens (tertiary/aromatic N) is 2. The maximum Gasteiger partial charge on any atom is 0.251 e. The van der Waals surface area contributed by atoms with Gasteiger partial charge in [0.2, 0.25) is 5.91 Å². The standard InChI is InChI=1S/C20H31N5O2.HI/c1-3-18(26)25-14-11-17(15-25)24-20(21-4-2)23-13-8-12-22-19(27)16-9-6-5-7-10-16;/h5-7,9-10,17H,3-4,8,11-15H2,1-2H3,(H,22,27)(H2,21,23,24);1H. The summed E-state index contributed by atoms with van der Waals surface area (Å²) < 4.78 is 0. The van der Waals surface area contributed by atoms with Gasteiger partial charge in [-0.2, -0.15) is 0 Å². The molecule has 0 aromatic heterocycles. The van der Waals surface area contributed by atoms with E-state index in [1.807, 2.05) is 36.9 Å². The number of likely N-dealkylation sites (tertiary alicyclic amines) is 1. The van der Waals surface area contributed by atoms with E-state index < -0.39 is 0 Å². The van der Waals surface area contributed by atoms with Gasteiger partial charge >= 0.3 is 0 Å². The molecule has 0 radical (unpaired) electrons. The normalized spacial score (nSPS) is 16.3. The molecule has 1 aliphatic rings. The van der Waals surface area contributed by atoms with Gasteiger partial charge in [0, 0.05) is 50.7 Å². The zero-order valence-electron chi connectivity index (χ0n) is 16.7. The molecular formula is C20H32IN5O2. The molecule has 0 bridgehead atoms. The minimum atomic E-state index is -0.0590. The van der Waals surface area contributed by atoms with Crippen LogP contribution >= 0.6 is 24.0 Å². The van der Waals surface area contributed by atoms with Crippen molar-refractivity contribution in [3.8, 4) is 0 Å². The van der Waals surface area contributed by atoms with E-state index in [2.05, 4.69) is 20.9 Å². The van der Waals surface area contributed by atoms with Crippen LogP contribution < -0.4 is 16.0 Å². The fraction of sp³-hybridized carbons (Fsp3) is 0.550. The average Bonchev–Trinajstić information content (AvgIpc) is 3.16. The number of hydrogen-bond acceptors (Lipinski definition) is 3. The summed E-state index contributed by atoms with van der Waals surface area (Å²) in [5.74, 6) is 0.911. The first-order valence-corrected chi connectivity index (χ1v) is 9.79. The smallest absolute Gasteiger partial charge is 0.251 e. The molecule has 8 heteroatoms. The number of carbonyl (C=O) groups excluding carboxylic acids is 2. The molecule has 28 heavy (non-hydrogen) atoms. The van der Waals surface area contributed by atoms with Crippen LogP contribution in [0.1, 0.15) is 43.5 Å². The minimum absolute atomic E-state index is 0. The summed E-state index contributed by atoms with van der Waals surface area (Å²) in [6.45, 7) is 7.43. The Labute approximate surface area is 184 Å². The van der Waals surface area contributed by atoms with Crippen LogP contribution in [-0.4, -0.2) is 61.4 Å². The largest absolute Gasteiger partial charge is 0.357 e. The van der Waals surface area contributed by atoms with E-state index in [-0.39, 0.29) is 41.8 Å². The van der Waals surface area contributed by atoms with Gasteiger partial charge in [0.25, 0.3) is 5.91 Å². The second kappa shape index (κ2) is 13.4. The zero-order chi connectivity index (χ0) is 19.5. The summed E-state index contributed by atoms with van der Waals surface area (Å²) in [6.07, 6.45) is 2.25. The highest BCUT2D eigenvalue weighted by molar-refractivity contribution is 14.0. The Kier molecular flexibility index (Phi) is 11.5. The Morgan fingerprint density at radius 3 is 2.61 bits per heavy atom. The van der Waals surface area contributed by atoms with E-state index in [9.17, 15) is 9.59 Å². The quantitative estimate of drug-likeness (QED) is 0.220. The molecule has 7 nitrogen and oxygen atoms in total. The molecule has 0 aliphatic carbocycles. The molecule has 2 rings (SSSR count). The Bertz CT molecular complexity index is 639. The van der Waals surface area contributed by atoms with Gasteiger partial charge in [0.05, 0.1) is 0 Å². The van der Waals surface area contributed by atoms with Gasteiger partial charge in [-0.05, 0) is 31.9 Å². The molecule has 1 aromatic rings. The summed E-state index contributed by atoms with van der Waals surface area (Å²) in [5, 5.41) is 9.56. The summed E-state index contributed by atoms with van der Waals surface area (Å²) in [6, 6.07) is 9.43. The predicted octanol–water partition coefficient (Wildman–Crippen LogP) is 1.99. The van der Waals surface area contributed by atoms with Crippen molar-refractivity contribution in [2.24, 2.45) is 4.99 Å². The van der Waals surface area contributed by atoms with Crippen molar-refractivity contribution in [2.45, 2.75) is 39.2 Å². The highest BCUT2D eigenvalue weighted by Gasteiger charge is 2.25. The van der Waals surface area contributed by atoms with Crippen molar-refractivity contribution in [2.75, 3.05) is 32.7 Å². The van der Waals surface area contributed by atoms with Gasteiger partial charge in [-0.1, -0.05) is 25.1 Å². The lowest BCUT2D eigenvalue weighted by atomic mass is 10.2. The molecule has 3 N–H and O–H groups in total. The maximum absolute atomic E-state index is 12.0. The third-order valence-corrected chi connectivity index (χ3v) is 4.45. The Hall–Kier alpha value is -1.84. The summed E-state index contributed by atoms with van der Waals surface area (Å²) >= 11 is 0. The molecule has 1 heterocycles. The van der Waals surface area contributed by atoms with Crippen LogP contribution in [0.2, 0.25) is 0 Å². The average molecular weight is 501 g/mol. The van der Waals surface area contributed by atoms with E-state index in [1.54, 1.807) is 12.1 Å². The molecule has 2 amide bonds. The first kappa shape index (κ1) is 24.2. The molecule has 0 saturated carbocycles. The SMILES string of the molecule is CCNC(=NCCCNC(=O)c1ccccc1)NC1CCN(C(=O)CC)C1.I. The summed E-state index contributed by atoms with van der Waals surface area (Å²) in [4.78, 5) is 30.3. The second-order valence-electron chi connectivity index (χ2n) is 6.56. The number of hydrogen-bond donors (Lipinski definition) is 3. The third kappa shape index (κ3) is 8.04. The molecule has 156 valence electrons. The molecule has 1 atom stereocenters. The van der Waals surface area contributed by atoms with Crippen LogP contribution in [-0.2, 0) is 4.79 Å². The topological polar surface area (TPSA) is 85.8 Å². The monoisotopic (exact) mass is 501 g/mol. The fourth-order valence-corrected chi connectivity index (χ4v) is 3.01. The van der Waals surface area contributed by atoms with Gasteiger partial charge < -0.3 is 20.9 Å². The maximum atomic E-state index is 12.0. The van der Waals surface area contributed by atoms with E-state index in [1.165, 1.54) is 0 Å². The lowest BCUT2D eigenvalue weighted by Crippen LogP contribution is -2.45. The van der Waals surface area contributed by atoms with Crippen molar-refractivity contribution in [1.29, 1.82) is 0 Å². The Morgan fingerprint density at radius 1 is 1.18 bits per heavy atom. The van der Waals surface area contributed by atoms with Crippen molar-refractivity contribution >= 4 is 41.8 Å². The first-order valence-electron chi connectivity index (χ1n) is 9.79. The second-order valence-corrected chi connectivity index (χ2v) is 6.56. The molecule has 0 spiro atoms. The number of rotatable bonds is 8. The van der Waals surface area contributed by atoms with Gasteiger partial charge in [-0.25, -0.2) is 0 Å². The zero-order valence-corrected chi connectivity index (χ0v) is 19.1. The molecule has 1 fully saturated rings. The molecule has 1 aromatic carbocycles.